The van der Waals surface area contributed by atoms with Crippen LogP contribution in [0.5, 0.6) is 0 Å². The lowest BCUT2D eigenvalue weighted by Gasteiger charge is -2.11. The van der Waals surface area contributed by atoms with Gasteiger partial charge in [0, 0.05) is 18.6 Å². The maximum absolute atomic E-state index is 11.9. The minimum absolute atomic E-state index is 0.0542. The maximum atomic E-state index is 11.9. The molecule has 0 spiro atoms. The molecule has 110 valence electrons. The van der Waals surface area contributed by atoms with E-state index in [0.717, 1.165) is 6.42 Å². The zero-order valence-corrected chi connectivity index (χ0v) is 12.8. The number of hydrogen-bond donors (Lipinski definition) is 2. The predicted octanol–water partition coefficient (Wildman–Crippen LogP) is 2.85. The van der Waals surface area contributed by atoms with Crippen LogP contribution in [0, 0.1) is 0 Å². The molecule has 0 aliphatic heterocycles. The molecule has 1 atom stereocenters. The van der Waals surface area contributed by atoms with Gasteiger partial charge in [0.2, 0.25) is 5.91 Å². The van der Waals surface area contributed by atoms with Crippen LogP contribution < -0.4 is 11.1 Å². The highest BCUT2D eigenvalue weighted by atomic mass is 32.1. The summed E-state index contributed by atoms with van der Waals surface area (Å²) in [6.07, 6.45) is 2.34. The van der Waals surface area contributed by atoms with E-state index in [9.17, 15) is 4.79 Å². The lowest BCUT2D eigenvalue weighted by Crippen LogP contribution is -2.18. The van der Waals surface area contributed by atoms with Gasteiger partial charge in [0.25, 0.3) is 0 Å². The molecule has 0 aliphatic rings. The van der Waals surface area contributed by atoms with Crippen LogP contribution in [-0.2, 0) is 9.53 Å². The minimum Gasteiger partial charge on any atom is -0.389 e. The number of ether oxygens (including phenoxy) is 1. The highest BCUT2D eigenvalue weighted by Gasteiger charge is 2.08. The molecule has 20 heavy (non-hydrogen) atoms. The van der Waals surface area contributed by atoms with Crippen LogP contribution in [0.3, 0.4) is 0 Å². The third-order valence-electron chi connectivity index (χ3n) is 2.99. The second-order valence-electron chi connectivity index (χ2n) is 4.65. The molecule has 0 radical (unpaired) electrons. The number of nitrogens with one attached hydrogen (secondary N) is 1. The smallest absolute Gasteiger partial charge is 0.224 e. The Balaban J connectivity index is 2.41. The van der Waals surface area contributed by atoms with Crippen molar-refractivity contribution in [1.29, 1.82) is 0 Å². The molecule has 1 amide bonds. The fraction of sp³-hybridized carbons (Fsp3) is 0.467. The van der Waals surface area contributed by atoms with E-state index in [1.54, 1.807) is 12.1 Å². The van der Waals surface area contributed by atoms with Crippen LogP contribution >= 0.6 is 12.2 Å². The van der Waals surface area contributed by atoms with E-state index in [1.165, 1.54) is 0 Å². The first-order valence-electron chi connectivity index (χ1n) is 6.84. The molecule has 0 heterocycles. The summed E-state index contributed by atoms with van der Waals surface area (Å²) in [5.74, 6) is -0.0542. The summed E-state index contributed by atoms with van der Waals surface area (Å²) in [6.45, 7) is 4.70. The van der Waals surface area contributed by atoms with Crippen molar-refractivity contribution in [2.45, 2.75) is 39.2 Å². The number of nitrogens with two attached hydrogens (primary N) is 1. The van der Waals surface area contributed by atoms with Crippen molar-refractivity contribution in [3.8, 4) is 0 Å². The minimum atomic E-state index is -0.0542. The number of hydrogen-bond acceptors (Lipinski definition) is 3. The fourth-order valence-corrected chi connectivity index (χ4v) is 1.83. The van der Waals surface area contributed by atoms with Crippen molar-refractivity contribution in [3.63, 3.8) is 0 Å². The van der Waals surface area contributed by atoms with Crippen LogP contribution in [0.15, 0.2) is 24.3 Å². The van der Waals surface area contributed by atoms with E-state index in [4.69, 9.17) is 22.7 Å². The molecular weight excluding hydrogens is 272 g/mol. The molecule has 0 aliphatic carbocycles. The summed E-state index contributed by atoms with van der Waals surface area (Å²) >= 11 is 4.96. The van der Waals surface area contributed by atoms with Crippen LogP contribution in [-0.4, -0.2) is 23.6 Å². The monoisotopic (exact) mass is 294 g/mol. The van der Waals surface area contributed by atoms with Gasteiger partial charge in [-0.05, 0) is 31.9 Å². The zero-order chi connectivity index (χ0) is 15.0. The second kappa shape index (κ2) is 8.66. The first-order chi connectivity index (χ1) is 9.54. The topological polar surface area (TPSA) is 64.3 Å². The van der Waals surface area contributed by atoms with E-state index < -0.39 is 0 Å². The molecule has 0 bridgehead atoms. The van der Waals surface area contributed by atoms with Gasteiger partial charge in [-0.25, -0.2) is 0 Å². The van der Waals surface area contributed by atoms with Gasteiger partial charge >= 0.3 is 0 Å². The van der Waals surface area contributed by atoms with Crippen LogP contribution in [0.4, 0.5) is 5.69 Å². The summed E-state index contributed by atoms with van der Waals surface area (Å²) in [6, 6.07) is 7.26. The average molecular weight is 294 g/mol. The predicted molar refractivity (Wildman–Crippen MR) is 85.9 cm³/mol. The molecule has 1 unspecified atom stereocenters. The van der Waals surface area contributed by atoms with E-state index in [1.807, 2.05) is 19.1 Å². The van der Waals surface area contributed by atoms with Crippen molar-refractivity contribution in [2.75, 3.05) is 11.9 Å². The summed E-state index contributed by atoms with van der Waals surface area (Å²) in [7, 11) is 0. The van der Waals surface area contributed by atoms with Crippen molar-refractivity contribution < 1.29 is 9.53 Å². The van der Waals surface area contributed by atoms with Crippen molar-refractivity contribution in [3.05, 3.63) is 29.8 Å². The first-order valence-corrected chi connectivity index (χ1v) is 7.25. The zero-order valence-electron chi connectivity index (χ0n) is 12.0. The van der Waals surface area contributed by atoms with Crippen molar-refractivity contribution in [2.24, 2.45) is 5.73 Å². The van der Waals surface area contributed by atoms with Gasteiger partial charge in [-0.2, -0.15) is 0 Å². The Hall–Kier alpha value is -1.46. The Morgan fingerprint density at radius 3 is 2.80 bits per heavy atom. The number of anilines is 1. The number of carbonyl (C=O) groups is 1. The van der Waals surface area contributed by atoms with Crippen LogP contribution in [0.1, 0.15) is 38.7 Å². The lowest BCUT2D eigenvalue weighted by molar-refractivity contribution is -0.116. The van der Waals surface area contributed by atoms with Crippen molar-refractivity contribution >= 4 is 28.8 Å². The number of amides is 1. The summed E-state index contributed by atoms with van der Waals surface area (Å²) in [5, 5.41) is 2.83. The van der Waals surface area contributed by atoms with E-state index >= 15 is 0 Å². The summed E-state index contributed by atoms with van der Waals surface area (Å²) in [4.78, 5) is 12.1. The fourth-order valence-electron chi connectivity index (χ4n) is 1.65. The van der Waals surface area contributed by atoms with Gasteiger partial charge in [-0.3, -0.25) is 4.79 Å². The molecule has 0 saturated carbocycles. The molecule has 5 heteroatoms. The molecule has 1 rings (SSSR count). The van der Waals surface area contributed by atoms with Gasteiger partial charge in [-0.15, -0.1) is 0 Å². The average Bonchev–Trinajstić information content (AvgIpc) is 2.43. The van der Waals surface area contributed by atoms with Crippen molar-refractivity contribution in [1.82, 2.24) is 0 Å². The third-order valence-corrected chi connectivity index (χ3v) is 3.21. The Morgan fingerprint density at radius 1 is 1.45 bits per heavy atom. The molecule has 0 aromatic heterocycles. The van der Waals surface area contributed by atoms with Gasteiger partial charge in [0.05, 0.1) is 11.8 Å². The highest BCUT2D eigenvalue weighted by molar-refractivity contribution is 7.80. The van der Waals surface area contributed by atoms with Gasteiger partial charge < -0.3 is 15.8 Å². The number of benzene rings is 1. The number of thiocarbonyl (C=S) groups is 1. The quantitative estimate of drug-likeness (QED) is 0.571. The second-order valence-corrected chi connectivity index (χ2v) is 5.09. The lowest BCUT2D eigenvalue weighted by atomic mass is 10.1. The largest absolute Gasteiger partial charge is 0.389 e. The summed E-state index contributed by atoms with van der Waals surface area (Å²) in [5.41, 5.74) is 6.97. The Kier molecular flexibility index (Phi) is 7.18. The maximum Gasteiger partial charge on any atom is 0.224 e. The molecule has 3 N–H and O–H groups in total. The Bertz CT molecular complexity index is 463. The normalized spacial score (nSPS) is 11.9. The number of rotatable bonds is 8. The molecule has 0 fully saturated rings. The molecular formula is C15H22N2O2S. The summed E-state index contributed by atoms with van der Waals surface area (Å²) < 4.78 is 5.53. The third kappa shape index (κ3) is 5.67. The molecule has 0 saturated heterocycles. The van der Waals surface area contributed by atoms with Crippen LogP contribution in [0.2, 0.25) is 0 Å². The van der Waals surface area contributed by atoms with Gasteiger partial charge in [0.15, 0.2) is 0 Å². The van der Waals surface area contributed by atoms with Gasteiger partial charge in [-0.1, -0.05) is 31.3 Å². The Morgan fingerprint density at radius 2 is 2.15 bits per heavy atom. The van der Waals surface area contributed by atoms with Gasteiger partial charge in [0.1, 0.15) is 4.99 Å². The standard InChI is InChI=1S/C15H22N2O2S/c1-3-11(2)19-10-6-9-14(18)17-13-8-5-4-7-12(13)15(16)20/h4-5,7-8,11H,3,6,9-10H2,1-2H3,(H2,16,20)(H,17,18). The van der Waals surface area contributed by atoms with E-state index in [0.29, 0.717) is 30.7 Å². The highest BCUT2D eigenvalue weighted by Crippen LogP contribution is 2.15. The molecule has 1 aromatic carbocycles. The molecule has 4 nitrogen and oxygen atoms in total. The van der Waals surface area contributed by atoms with E-state index in [-0.39, 0.29) is 17.0 Å². The SMILES string of the molecule is CCC(C)OCCCC(=O)Nc1ccccc1C(N)=S. The first kappa shape index (κ1) is 16.6. The van der Waals surface area contributed by atoms with Crippen LogP contribution in [0.25, 0.3) is 0 Å². The number of para-hydroxylation sites is 1. The molecule has 1 aromatic rings. The van der Waals surface area contributed by atoms with E-state index in [2.05, 4.69) is 12.2 Å². The number of carbonyl (C=O) groups excluding carboxylic acids is 1. The Labute approximate surface area is 125 Å².